The molecule has 1 aromatic rings. The quantitative estimate of drug-likeness (QED) is 0.534. The van der Waals surface area contributed by atoms with Crippen molar-refractivity contribution in [3.05, 3.63) is 12.4 Å². The molecule has 0 fully saturated rings. The monoisotopic (exact) mass is 128 g/mol. The average Bonchev–Trinajstić information content (AvgIpc) is 2.11. The molecule has 0 saturated heterocycles. The summed E-state index contributed by atoms with van der Waals surface area (Å²) in [5.74, 6) is 0. The third-order valence-electron chi connectivity index (χ3n) is 0.331. The SMILES string of the molecule is CN(C)C.c1cn[nH]n1. The number of nitrogens with zero attached hydrogens (tertiary/aromatic N) is 3. The van der Waals surface area contributed by atoms with Gasteiger partial charge in [-0.15, -0.1) is 0 Å². The predicted octanol–water partition coefficient (Wildman–Crippen LogP) is -0.0175. The second-order valence-corrected chi connectivity index (χ2v) is 2.00. The summed E-state index contributed by atoms with van der Waals surface area (Å²) in [5, 5.41) is 9.33. The minimum Gasteiger partial charge on any atom is -0.312 e. The van der Waals surface area contributed by atoms with Crippen LogP contribution in [0.2, 0.25) is 0 Å². The number of aromatic nitrogens is 3. The smallest absolute Gasteiger partial charge is 0.0690 e. The van der Waals surface area contributed by atoms with E-state index in [9.17, 15) is 0 Å². The Morgan fingerprint density at radius 3 is 1.56 bits per heavy atom. The van der Waals surface area contributed by atoms with Crippen molar-refractivity contribution in [1.82, 2.24) is 20.3 Å². The maximum Gasteiger partial charge on any atom is 0.0690 e. The topological polar surface area (TPSA) is 44.8 Å². The highest BCUT2D eigenvalue weighted by Crippen LogP contribution is 1.55. The first-order chi connectivity index (χ1) is 4.23. The van der Waals surface area contributed by atoms with Gasteiger partial charge in [0, 0.05) is 0 Å². The van der Waals surface area contributed by atoms with Crippen LogP contribution in [0.5, 0.6) is 0 Å². The Morgan fingerprint density at radius 1 is 1.11 bits per heavy atom. The van der Waals surface area contributed by atoms with Gasteiger partial charge in [-0.05, 0) is 21.1 Å². The zero-order valence-corrected chi connectivity index (χ0v) is 6.00. The second kappa shape index (κ2) is 5.24. The third kappa shape index (κ3) is 11.0. The standard InChI is InChI=1S/C3H9N.C2H3N3/c1-4(2)3;1-2-4-5-3-1/h1-3H3;1-2H,(H,3,4,5). The summed E-state index contributed by atoms with van der Waals surface area (Å²) in [6.07, 6.45) is 3.17. The molecule has 0 aliphatic rings. The van der Waals surface area contributed by atoms with E-state index in [0.717, 1.165) is 0 Å². The van der Waals surface area contributed by atoms with Gasteiger partial charge in [-0.2, -0.15) is 15.4 Å². The van der Waals surface area contributed by atoms with Gasteiger partial charge in [0.1, 0.15) is 0 Å². The second-order valence-electron chi connectivity index (χ2n) is 2.00. The summed E-state index contributed by atoms with van der Waals surface area (Å²) >= 11 is 0. The first-order valence-corrected chi connectivity index (χ1v) is 2.64. The lowest BCUT2D eigenvalue weighted by Gasteiger charge is -1.90. The molecule has 0 aliphatic heterocycles. The largest absolute Gasteiger partial charge is 0.312 e. The molecule has 0 atom stereocenters. The Balaban J connectivity index is 0.000000148. The van der Waals surface area contributed by atoms with Gasteiger partial charge in [0.05, 0.1) is 12.4 Å². The van der Waals surface area contributed by atoms with Crippen LogP contribution in [-0.4, -0.2) is 41.5 Å². The highest BCUT2D eigenvalue weighted by atomic mass is 15.3. The lowest BCUT2D eigenvalue weighted by Crippen LogP contribution is -1.99. The van der Waals surface area contributed by atoms with Crippen molar-refractivity contribution in [1.29, 1.82) is 0 Å². The minimum absolute atomic E-state index is 1.58. The molecule has 1 N–H and O–H groups in total. The van der Waals surface area contributed by atoms with Gasteiger partial charge in [0.2, 0.25) is 0 Å². The molecule has 1 aromatic heterocycles. The molecule has 0 saturated carbocycles. The first kappa shape index (κ1) is 8.10. The summed E-state index contributed by atoms with van der Waals surface area (Å²) in [5.41, 5.74) is 0. The molecule has 9 heavy (non-hydrogen) atoms. The van der Waals surface area contributed by atoms with Gasteiger partial charge < -0.3 is 4.90 Å². The maximum absolute atomic E-state index is 3.49. The molecule has 4 nitrogen and oxygen atoms in total. The fraction of sp³-hybridized carbons (Fsp3) is 0.600. The Labute approximate surface area is 54.9 Å². The van der Waals surface area contributed by atoms with E-state index in [4.69, 9.17) is 0 Å². The van der Waals surface area contributed by atoms with E-state index in [-0.39, 0.29) is 0 Å². The van der Waals surface area contributed by atoms with Crippen LogP contribution in [0.15, 0.2) is 12.4 Å². The molecule has 0 spiro atoms. The van der Waals surface area contributed by atoms with Crippen molar-refractivity contribution in [3.63, 3.8) is 0 Å². The number of hydrogen-bond acceptors (Lipinski definition) is 3. The highest BCUT2D eigenvalue weighted by molar-refractivity contribution is 4.54. The van der Waals surface area contributed by atoms with Crippen molar-refractivity contribution in [2.24, 2.45) is 0 Å². The molecule has 4 heteroatoms. The molecular formula is C5H12N4. The van der Waals surface area contributed by atoms with Gasteiger partial charge in [-0.3, -0.25) is 0 Å². The molecule has 0 aliphatic carbocycles. The molecule has 1 rings (SSSR count). The van der Waals surface area contributed by atoms with Crippen molar-refractivity contribution >= 4 is 0 Å². The van der Waals surface area contributed by atoms with Crippen LogP contribution < -0.4 is 0 Å². The van der Waals surface area contributed by atoms with E-state index in [0.29, 0.717) is 0 Å². The third-order valence-corrected chi connectivity index (χ3v) is 0.331. The van der Waals surface area contributed by atoms with Gasteiger partial charge >= 0.3 is 0 Å². The Bertz CT molecular complexity index is 92.5. The lowest BCUT2D eigenvalue weighted by atomic mass is 11.0. The average molecular weight is 128 g/mol. The maximum atomic E-state index is 3.49. The van der Waals surface area contributed by atoms with Crippen molar-refractivity contribution < 1.29 is 0 Å². The van der Waals surface area contributed by atoms with Crippen LogP contribution in [0.3, 0.4) is 0 Å². The van der Waals surface area contributed by atoms with E-state index >= 15 is 0 Å². The molecule has 0 bridgehead atoms. The zero-order chi connectivity index (χ0) is 7.11. The fourth-order valence-corrected chi connectivity index (χ4v) is 0.167. The van der Waals surface area contributed by atoms with Crippen LogP contribution in [0.1, 0.15) is 0 Å². The molecule has 0 aromatic carbocycles. The zero-order valence-electron chi connectivity index (χ0n) is 6.00. The van der Waals surface area contributed by atoms with Gasteiger partial charge in [0.25, 0.3) is 0 Å². The predicted molar refractivity (Wildman–Crippen MR) is 36.0 cm³/mol. The van der Waals surface area contributed by atoms with Gasteiger partial charge in [-0.1, -0.05) is 0 Å². The number of hydrogen-bond donors (Lipinski definition) is 1. The summed E-state index contributed by atoms with van der Waals surface area (Å²) in [6, 6.07) is 0. The number of nitrogens with one attached hydrogen (secondary N) is 1. The molecule has 1 heterocycles. The van der Waals surface area contributed by atoms with Crippen LogP contribution in [0, 0.1) is 0 Å². The van der Waals surface area contributed by atoms with Crippen LogP contribution >= 0.6 is 0 Å². The van der Waals surface area contributed by atoms with Crippen molar-refractivity contribution in [2.45, 2.75) is 0 Å². The summed E-state index contributed by atoms with van der Waals surface area (Å²) in [7, 11) is 6.00. The molecule has 0 amide bonds. The Kier molecular flexibility index (Phi) is 4.72. The van der Waals surface area contributed by atoms with E-state index < -0.39 is 0 Å². The van der Waals surface area contributed by atoms with E-state index in [1.54, 1.807) is 12.4 Å². The number of aromatic amines is 1. The highest BCUT2D eigenvalue weighted by Gasteiger charge is 1.58. The normalized spacial score (nSPS) is 8.44. The Morgan fingerprint density at radius 2 is 1.44 bits per heavy atom. The lowest BCUT2D eigenvalue weighted by molar-refractivity contribution is 0.505. The van der Waals surface area contributed by atoms with E-state index in [1.807, 2.05) is 26.0 Å². The van der Waals surface area contributed by atoms with E-state index in [1.165, 1.54) is 0 Å². The van der Waals surface area contributed by atoms with Crippen LogP contribution in [-0.2, 0) is 0 Å². The summed E-state index contributed by atoms with van der Waals surface area (Å²) in [6.45, 7) is 0. The number of rotatable bonds is 0. The van der Waals surface area contributed by atoms with Crippen molar-refractivity contribution in [3.8, 4) is 0 Å². The van der Waals surface area contributed by atoms with Gasteiger partial charge in [0.15, 0.2) is 0 Å². The Hall–Kier alpha value is -0.900. The van der Waals surface area contributed by atoms with Crippen LogP contribution in [0.4, 0.5) is 0 Å². The number of H-pyrrole nitrogens is 1. The minimum atomic E-state index is 1.58. The molecule has 52 valence electrons. The van der Waals surface area contributed by atoms with Crippen molar-refractivity contribution in [2.75, 3.05) is 21.1 Å². The summed E-state index contributed by atoms with van der Waals surface area (Å²) in [4.78, 5) is 2.00. The molecule has 0 radical (unpaired) electrons. The van der Waals surface area contributed by atoms with Crippen LogP contribution in [0.25, 0.3) is 0 Å². The van der Waals surface area contributed by atoms with Gasteiger partial charge in [-0.25, -0.2) is 0 Å². The first-order valence-electron chi connectivity index (χ1n) is 2.64. The molecule has 0 unspecified atom stereocenters. The fourth-order valence-electron chi connectivity index (χ4n) is 0.167. The summed E-state index contributed by atoms with van der Waals surface area (Å²) < 4.78 is 0. The molecular weight excluding hydrogens is 116 g/mol. The van der Waals surface area contributed by atoms with E-state index in [2.05, 4.69) is 15.4 Å².